The van der Waals surface area contributed by atoms with E-state index in [1.165, 1.54) is 23.0 Å². The number of amides is 4. The number of nitrogens with two attached hydrogens (primary N) is 1. The van der Waals surface area contributed by atoms with E-state index in [0.29, 0.717) is 29.1 Å². The maximum Gasteiger partial charge on any atom is 0.269 e. The molecule has 3 fully saturated rings. The van der Waals surface area contributed by atoms with E-state index >= 15 is 0 Å². The van der Waals surface area contributed by atoms with Crippen molar-refractivity contribution in [1.29, 1.82) is 0 Å². The Hall–Kier alpha value is -5.27. The van der Waals surface area contributed by atoms with Crippen molar-refractivity contribution in [2.24, 2.45) is 17.6 Å². The lowest BCUT2D eigenvalue weighted by Crippen LogP contribution is -2.44. The van der Waals surface area contributed by atoms with Crippen LogP contribution < -0.4 is 16.0 Å². The monoisotopic (exact) mass is 600 g/mol. The summed E-state index contributed by atoms with van der Waals surface area (Å²) in [6.07, 6.45) is 2.19. The highest BCUT2D eigenvalue weighted by Crippen LogP contribution is 2.47. The molecule has 224 valence electrons. The van der Waals surface area contributed by atoms with Gasteiger partial charge in [0.2, 0.25) is 17.7 Å². The Morgan fingerprint density at radius 1 is 1.02 bits per heavy atom. The average molecular weight is 601 g/mol. The normalized spacial score (nSPS) is 22.4. The summed E-state index contributed by atoms with van der Waals surface area (Å²) in [4.78, 5) is 54.2. The molecule has 2 aliphatic heterocycles. The summed E-state index contributed by atoms with van der Waals surface area (Å²) in [6.45, 7) is -0.204. The van der Waals surface area contributed by atoms with E-state index < -0.39 is 42.3 Å². The van der Waals surface area contributed by atoms with E-state index in [4.69, 9.17) is 5.73 Å². The molecule has 0 spiro atoms. The molecule has 4 aromatic rings. The van der Waals surface area contributed by atoms with Crippen molar-refractivity contribution >= 4 is 45.9 Å². The lowest BCUT2D eigenvalue weighted by molar-refractivity contribution is -0.137. The van der Waals surface area contributed by atoms with Gasteiger partial charge in [0.15, 0.2) is 5.69 Å². The number of rotatable bonds is 7. The molecular weight excluding hydrogens is 574 g/mol. The summed E-state index contributed by atoms with van der Waals surface area (Å²) in [5, 5.41) is 14.8. The Balaban J connectivity index is 1.11. The minimum atomic E-state index is -1.48. The number of nitrogens with one attached hydrogen (secondary N) is 1. The molecule has 3 aliphatic rings. The minimum absolute atomic E-state index is 0.00404. The van der Waals surface area contributed by atoms with Crippen LogP contribution in [0.5, 0.6) is 0 Å². The number of benzene rings is 2. The second-order valence-electron chi connectivity index (χ2n) is 11.3. The van der Waals surface area contributed by atoms with Crippen LogP contribution in [0.1, 0.15) is 23.3 Å². The van der Waals surface area contributed by atoms with E-state index in [1.807, 2.05) is 0 Å². The lowest BCUT2D eigenvalue weighted by Gasteiger charge is -2.24. The van der Waals surface area contributed by atoms with Gasteiger partial charge in [-0.1, -0.05) is 6.07 Å². The molecule has 0 radical (unpaired) electrons. The van der Waals surface area contributed by atoms with Crippen LogP contribution in [-0.4, -0.2) is 73.8 Å². The van der Waals surface area contributed by atoms with Gasteiger partial charge < -0.3 is 20.9 Å². The number of hydrogen-bond acceptors (Lipinski definition) is 7. The fourth-order valence-electron chi connectivity index (χ4n) is 6.15. The fraction of sp³-hybridized carbons (Fsp3) is 0.300. The predicted octanol–water partition coefficient (Wildman–Crippen LogP) is 2.29. The molecule has 4 amide bonds. The third-order valence-electron chi connectivity index (χ3n) is 8.50. The Morgan fingerprint density at radius 3 is 2.59 bits per heavy atom. The number of piperidine rings is 1. The summed E-state index contributed by atoms with van der Waals surface area (Å²) >= 11 is 0. The zero-order valence-corrected chi connectivity index (χ0v) is 23.2. The molecule has 4 atom stereocenters. The smallest absolute Gasteiger partial charge is 0.269 e. The summed E-state index contributed by atoms with van der Waals surface area (Å²) in [7, 11) is 0. The van der Waals surface area contributed by atoms with Gasteiger partial charge in [0.1, 0.15) is 24.6 Å². The number of primary amides is 1. The van der Waals surface area contributed by atoms with Gasteiger partial charge in [-0.3, -0.25) is 23.9 Å². The molecule has 12 nitrogen and oxygen atoms in total. The third kappa shape index (κ3) is 4.81. The zero-order valence-electron chi connectivity index (χ0n) is 23.2. The molecule has 2 aromatic heterocycles. The quantitative estimate of drug-likeness (QED) is 0.330. The molecule has 2 aromatic carbocycles. The van der Waals surface area contributed by atoms with Gasteiger partial charge in [0, 0.05) is 35.5 Å². The van der Waals surface area contributed by atoms with Crippen molar-refractivity contribution < 1.29 is 28.0 Å². The van der Waals surface area contributed by atoms with E-state index in [0.717, 1.165) is 28.5 Å². The molecule has 2 saturated heterocycles. The number of anilines is 2. The second-order valence-corrected chi connectivity index (χ2v) is 11.3. The number of fused-ring (bicyclic) bond motifs is 2. The highest BCUT2D eigenvalue weighted by Gasteiger charge is 2.52. The molecule has 7 rings (SSSR count). The van der Waals surface area contributed by atoms with Crippen LogP contribution in [0.15, 0.2) is 54.9 Å². The largest absolute Gasteiger partial charge is 0.364 e. The molecular formula is C30H26F2N8O4. The van der Waals surface area contributed by atoms with Crippen LogP contribution in [-0.2, 0) is 20.9 Å². The number of nitrogens with zero attached hydrogens (tertiary/aromatic N) is 6. The van der Waals surface area contributed by atoms with Crippen LogP contribution in [0.4, 0.5) is 20.2 Å². The van der Waals surface area contributed by atoms with Crippen molar-refractivity contribution in [3.05, 3.63) is 66.4 Å². The SMILES string of the molecule is NC(=O)c1nn(CC(=O)N2CC(F)CC2C(=O)Nc2cc(N3CC4CC4C3=O)ccc2F)c2ccc(-c3ccnnc3)cc12. The molecule has 44 heavy (non-hydrogen) atoms. The summed E-state index contributed by atoms with van der Waals surface area (Å²) in [6, 6.07) is 9.67. The maximum atomic E-state index is 14.7. The highest BCUT2D eigenvalue weighted by molar-refractivity contribution is 6.06. The summed E-state index contributed by atoms with van der Waals surface area (Å²) in [5.41, 5.74) is 7.71. The van der Waals surface area contributed by atoms with E-state index in [1.54, 1.807) is 35.4 Å². The van der Waals surface area contributed by atoms with Crippen LogP contribution in [0.25, 0.3) is 22.0 Å². The molecule has 3 N–H and O–H groups in total. The first-order chi connectivity index (χ1) is 21.2. The Kier molecular flexibility index (Phi) is 6.56. The van der Waals surface area contributed by atoms with Gasteiger partial charge >= 0.3 is 0 Å². The average Bonchev–Trinajstić information content (AvgIpc) is 3.36. The molecule has 1 aliphatic carbocycles. The zero-order chi connectivity index (χ0) is 30.7. The standard InChI is InChI=1S/C30H26F2N8O4/c31-18-9-25(29(43)36-23-10-19(2-3-22(23)32)38-12-17-8-20(17)30(38)44)39(13-18)26(41)14-40-24-4-1-15(16-5-6-34-35-11-16)7-21(24)27(37-40)28(33)42/h1-7,10-11,17-18,20,25H,8-9,12-14H2,(H2,33,42)(H,36,43). The van der Waals surface area contributed by atoms with Gasteiger partial charge in [0.25, 0.3) is 5.91 Å². The number of alkyl halides is 1. The first kappa shape index (κ1) is 27.6. The molecule has 1 saturated carbocycles. The van der Waals surface area contributed by atoms with Gasteiger partial charge in [-0.2, -0.15) is 15.3 Å². The molecule has 4 heterocycles. The first-order valence-corrected chi connectivity index (χ1v) is 14.1. The van der Waals surface area contributed by atoms with Crippen molar-refractivity contribution in [2.45, 2.75) is 31.6 Å². The number of hydrogen-bond donors (Lipinski definition) is 2. The maximum absolute atomic E-state index is 14.7. The van der Waals surface area contributed by atoms with Crippen molar-refractivity contribution in [3.8, 4) is 11.1 Å². The number of carbonyl (C=O) groups is 4. The van der Waals surface area contributed by atoms with Gasteiger partial charge in [-0.15, -0.1) is 0 Å². The number of carbonyl (C=O) groups excluding carboxylic acids is 4. The Morgan fingerprint density at radius 2 is 1.86 bits per heavy atom. The number of halogens is 2. The Bertz CT molecular complexity index is 1850. The van der Waals surface area contributed by atoms with Crippen LogP contribution in [0.3, 0.4) is 0 Å². The molecule has 0 bridgehead atoms. The lowest BCUT2D eigenvalue weighted by atomic mass is 10.0. The third-order valence-corrected chi connectivity index (χ3v) is 8.50. The predicted molar refractivity (Wildman–Crippen MR) is 153 cm³/mol. The van der Waals surface area contributed by atoms with Crippen molar-refractivity contribution in [2.75, 3.05) is 23.3 Å². The van der Waals surface area contributed by atoms with Crippen molar-refractivity contribution in [1.82, 2.24) is 24.9 Å². The van der Waals surface area contributed by atoms with Crippen LogP contribution in [0, 0.1) is 17.7 Å². The van der Waals surface area contributed by atoms with Gasteiger partial charge in [-0.25, -0.2) is 8.78 Å². The molecule has 14 heteroatoms. The van der Waals surface area contributed by atoms with E-state index in [2.05, 4.69) is 20.6 Å². The van der Waals surface area contributed by atoms with E-state index in [9.17, 15) is 28.0 Å². The summed E-state index contributed by atoms with van der Waals surface area (Å²) in [5.74, 6) is -2.63. The van der Waals surface area contributed by atoms with Gasteiger partial charge in [-0.05, 0) is 54.3 Å². The topological polar surface area (TPSA) is 156 Å². The highest BCUT2D eigenvalue weighted by atomic mass is 19.1. The molecule has 4 unspecified atom stereocenters. The second kappa shape index (κ2) is 10.5. The fourth-order valence-corrected chi connectivity index (χ4v) is 6.15. The summed E-state index contributed by atoms with van der Waals surface area (Å²) < 4.78 is 30.7. The van der Waals surface area contributed by atoms with Crippen LogP contribution in [0.2, 0.25) is 0 Å². The number of aromatic nitrogens is 4. The minimum Gasteiger partial charge on any atom is -0.364 e. The van der Waals surface area contributed by atoms with Crippen LogP contribution >= 0.6 is 0 Å². The van der Waals surface area contributed by atoms with Gasteiger partial charge in [0.05, 0.1) is 30.1 Å². The van der Waals surface area contributed by atoms with E-state index in [-0.39, 0.29) is 36.2 Å². The number of likely N-dealkylation sites (tertiary alicyclic amines) is 1. The first-order valence-electron chi connectivity index (χ1n) is 14.1. The van der Waals surface area contributed by atoms with Crippen molar-refractivity contribution in [3.63, 3.8) is 0 Å². The Labute approximate surface area is 248 Å².